The molecule has 1 aromatic heterocycles. The molecule has 3 heterocycles. The van der Waals surface area contributed by atoms with Gasteiger partial charge in [0.05, 0.1) is 31.0 Å². The van der Waals surface area contributed by atoms with Gasteiger partial charge in [0.25, 0.3) is 11.8 Å². The lowest BCUT2D eigenvalue weighted by Gasteiger charge is -2.36. The van der Waals surface area contributed by atoms with Gasteiger partial charge in [0, 0.05) is 57.5 Å². The van der Waals surface area contributed by atoms with Crippen molar-refractivity contribution in [2.75, 3.05) is 45.8 Å². The fourth-order valence-corrected chi connectivity index (χ4v) is 4.73. The van der Waals surface area contributed by atoms with Crippen molar-refractivity contribution < 1.29 is 39.3 Å². The van der Waals surface area contributed by atoms with Crippen LogP contribution in [0.2, 0.25) is 0 Å². The zero-order valence-corrected chi connectivity index (χ0v) is 21.1. The van der Waals surface area contributed by atoms with Gasteiger partial charge in [-0.1, -0.05) is 12.5 Å². The lowest BCUT2D eigenvalue weighted by atomic mass is 10.1. The summed E-state index contributed by atoms with van der Waals surface area (Å²) in [6, 6.07) is 4.97. The third kappa shape index (κ3) is 9.01. The Bertz CT molecular complexity index is 1060. The smallest absolute Gasteiger partial charge is 0.317 e. The first-order valence-electron chi connectivity index (χ1n) is 12.4. The highest BCUT2D eigenvalue weighted by atomic mass is 16.4. The van der Waals surface area contributed by atoms with Gasteiger partial charge in [-0.05, 0) is 25.0 Å². The van der Waals surface area contributed by atoms with Crippen LogP contribution >= 0.6 is 0 Å². The van der Waals surface area contributed by atoms with Crippen LogP contribution in [-0.2, 0) is 37.1 Å². The van der Waals surface area contributed by atoms with E-state index in [1.807, 2.05) is 0 Å². The number of aromatic nitrogens is 1. The molecule has 38 heavy (non-hydrogen) atoms. The molecule has 0 fully saturated rings. The third-order valence-corrected chi connectivity index (χ3v) is 6.46. The number of rotatable bonds is 11. The van der Waals surface area contributed by atoms with Gasteiger partial charge in [0.1, 0.15) is 0 Å². The number of aliphatic carboxylic acids is 3. The molecule has 3 N–H and O–H groups in total. The van der Waals surface area contributed by atoms with Crippen molar-refractivity contribution >= 4 is 29.7 Å². The normalized spacial score (nSPS) is 19.8. The Hall–Kier alpha value is -3.68. The predicted molar refractivity (Wildman–Crippen MR) is 133 cm³/mol. The van der Waals surface area contributed by atoms with Crippen LogP contribution in [-0.4, -0.2) is 121 Å². The van der Waals surface area contributed by atoms with Gasteiger partial charge in [-0.25, -0.2) is 0 Å². The molecule has 0 radical (unpaired) electrons. The monoisotopic (exact) mass is 531 g/mol. The van der Waals surface area contributed by atoms with Gasteiger partial charge >= 0.3 is 17.9 Å². The molecule has 2 aliphatic rings. The van der Waals surface area contributed by atoms with E-state index in [1.54, 1.807) is 32.9 Å². The first kappa shape index (κ1) is 28.9. The molecule has 3 rings (SSSR count). The number of carboxylic acid groups (broad SMARTS) is 3. The molecule has 2 amide bonds. The summed E-state index contributed by atoms with van der Waals surface area (Å²) in [4.78, 5) is 69.4. The summed E-state index contributed by atoms with van der Waals surface area (Å²) < 4.78 is 0. The van der Waals surface area contributed by atoms with Crippen LogP contribution in [0.4, 0.5) is 0 Å². The first-order chi connectivity index (χ1) is 18.1. The molecule has 2 bridgehead atoms. The van der Waals surface area contributed by atoms with E-state index in [0.29, 0.717) is 30.7 Å². The summed E-state index contributed by atoms with van der Waals surface area (Å²) in [5.41, 5.74) is 1.25. The maximum Gasteiger partial charge on any atom is 0.317 e. The number of carbonyl (C=O) groups is 5. The highest BCUT2D eigenvalue weighted by molar-refractivity contribution is 6.12. The Morgan fingerprint density at radius 1 is 0.816 bits per heavy atom. The molecule has 1 atom stereocenters. The van der Waals surface area contributed by atoms with Crippen molar-refractivity contribution in [1.82, 2.24) is 24.6 Å². The third-order valence-electron chi connectivity index (χ3n) is 6.46. The molecule has 0 aromatic carbocycles. The van der Waals surface area contributed by atoms with Crippen molar-refractivity contribution in [3.8, 4) is 0 Å². The summed E-state index contributed by atoms with van der Waals surface area (Å²) in [5, 5.41) is 28.5. The second kappa shape index (κ2) is 13.7. The number of fused-ring (bicyclic) bond motifs is 2. The van der Waals surface area contributed by atoms with Gasteiger partial charge in [-0.2, -0.15) is 0 Å². The van der Waals surface area contributed by atoms with Crippen LogP contribution in [0.5, 0.6) is 0 Å². The van der Waals surface area contributed by atoms with Gasteiger partial charge in [-0.3, -0.25) is 48.6 Å². The van der Waals surface area contributed by atoms with E-state index >= 15 is 0 Å². The van der Waals surface area contributed by atoms with Gasteiger partial charge in [-0.15, -0.1) is 0 Å². The lowest BCUT2D eigenvalue weighted by Crippen LogP contribution is -2.49. The highest BCUT2D eigenvalue weighted by Gasteiger charge is 2.27. The van der Waals surface area contributed by atoms with Gasteiger partial charge < -0.3 is 15.3 Å². The zero-order chi connectivity index (χ0) is 27.7. The SMILES string of the molecule is O=C(O)CN1CCN(CC(=O)O)CC(CCCCN2C(=O)C=CC2=O)N(CC(=O)O)Cc2cccc(n2)C1. The van der Waals surface area contributed by atoms with E-state index < -0.39 is 17.9 Å². The average Bonchev–Trinajstić information content (AvgIpc) is 3.14. The number of hydrogen-bond donors (Lipinski definition) is 3. The Kier molecular flexibility index (Phi) is 10.4. The van der Waals surface area contributed by atoms with Gasteiger partial charge in [0.2, 0.25) is 0 Å². The molecule has 0 aliphatic carbocycles. The van der Waals surface area contributed by atoms with Crippen LogP contribution < -0.4 is 0 Å². The standard InChI is InChI=1S/C25H33N5O8/c31-21-7-8-22(32)30(21)9-2-1-6-20-14-28(16-24(35)36)11-10-27(15-23(33)34)12-18-4-3-5-19(26-18)13-29(20)17-25(37)38/h3-5,7-8,20H,1-2,6,9-17H2,(H,33,34)(H,35,36)(H,37,38). The number of pyridine rings is 1. The van der Waals surface area contributed by atoms with E-state index in [-0.39, 0.29) is 76.8 Å². The zero-order valence-electron chi connectivity index (χ0n) is 21.1. The van der Waals surface area contributed by atoms with Crippen molar-refractivity contribution in [3.05, 3.63) is 41.7 Å². The second-order valence-electron chi connectivity index (χ2n) is 9.46. The minimum absolute atomic E-state index is 0.206. The van der Waals surface area contributed by atoms with Crippen LogP contribution in [0.1, 0.15) is 30.7 Å². The molecule has 206 valence electrons. The number of nitrogens with zero attached hydrogens (tertiary/aromatic N) is 5. The van der Waals surface area contributed by atoms with Crippen molar-refractivity contribution in [2.45, 2.75) is 38.4 Å². The molecule has 0 saturated carbocycles. The van der Waals surface area contributed by atoms with Crippen molar-refractivity contribution in [3.63, 3.8) is 0 Å². The molecule has 2 aliphatic heterocycles. The molecule has 1 aromatic rings. The van der Waals surface area contributed by atoms with E-state index in [2.05, 4.69) is 4.98 Å². The average molecular weight is 532 g/mol. The number of unbranched alkanes of at least 4 members (excludes halogenated alkanes) is 1. The van der Waals surface area contributed by atoms with Crippen LogP contribution in [0.15, 0.2) is 30.4 Å². The summed E-state index contributed by atoms with van der Waals surface area (Å²) in [7, 11) is 0. The summed E-state index contributed by atoms with van der Waals surface area (Å²) in [5.74, 6) is -3.81. The number of hydrogen-bond acceptors (Lipinski definition) is 9. The largest absolute Gasteiger partial charge is 0.480 e. The Morgan fingerprint density at radius 2 is 1.39 bits per heavy atom. The minimum Gasteiger partial charge on any atom is -0.480 e. The molecule has 13 heteroatoms. The minimum atomic E-state index is -1.05. The predicted octanol–water partition coefficient (Wildman–Crippen LogP) is -0.281. The van der Waals surface area contributed by atoms with E-state index in [9.17, 15) is 39.3 Å². The Balaban J connectivity index is 1.83. The van der Waals surface area contributed by atoms with Crippen LogP contribution in [0, 0.1) is 0 Å². The topological polar surface area (TPSA) is 172 Å². The maximum atomic E-state index is 11.8. The highest BCUT2D eigenvalue weighted by Crippen LogP contribution is 2.17. The van der Waals surface area contributed by atoms with Crippen LogP contribution in [0.25, 0.3) is 0 Å². The number of imide groups is 1. The Morgan fingerprint density at radius 3 is 2.03 bits per heavy atom. The van der Waals surface area contributed by atoms with E-state index in [1.165, 1.54) is 12.2 Å². The summed E-state index contributed by atoms with van der Waals surface area (Å²) in [6.45, 7) is 0.683. The molecular weight excluding hydrogens is 498 g/mol. The fraction of sp³-hybridized carbons (Fsp3) is 0.520. The summed E-state index contributed by atoms with van der Waals surface area (Å²) >= 11 is 0. The van der Waals surface area contributed by atoms with E-state index in [0.717, 1.165) is 4.90 Å². The van der Waals surface area contributed by atoms with Crippen molar-refractivity contribution in [1.29, 1.82) is 0 Å². The fourth-order valence-electron chi connectivity index (χ4n) is 4.73. The Labute approximate surface area is 219 Å². The van der Waals surface area contributed by atoms with Crippen molar-refractivity contribution in [2.24, 2.45) is 0 Å². The second-order valence-corrected chi connectivity index (χ2v) is 9.46. The summed E-state index contributed by atoms with van der Waals surface area (Å²) in [6.07, 6.45) is 4.02. The van der Waals surface area contributed by atoms with Gasteiger partial charge in [0.15, 0.2) is 0 Å². The maximum absolute atomic E-state index is 11.8. The van der Waals surface area contributed by atoms with Crippen LogP contribution in [0.3, 0.4) is 0 Å². The molecule has 1 unspecified atom stereocenters. The van der Waals surface area contributed by atoms with E-state index in [4.69, 9.17) is 0 Å². The first-order valence-corrected chi connectivity index (χ1v) is 12.4. The number of amides is 2. The number of carboxylic acids is 3. The molecular formula is C25H33N5O8. The number of carbonyl (C=O) groups excluding carboxylic acids is 2. The lowest BCUT2D eigenvalue weighted by molar-refractivity contribution is -0.141. The molecule has 13 nitrogen and oxygen atoms in total. The molecule has 0 spiro atoms. The quantitative estimate of drug-likeness (QED) is 0.252. The molecule has 0 saturated heterocycles.